The van der Waals surface area contributed by atoms with Crippen LogP contribution in [0.2, 0.25) is 0 Å². The van der Waals surface area contributed by atoms with E-state index in [9.17, 15) is 14.7 Å². The van der Waals surface area contributed by atoms with Crippen molar-refractivity contribution in [3.05, 3.63) is 41.4 Å². The number of nitrogens with zero attached hydrogens (tertiary/aromatic N) is 3. The third-order valence-electron chi connectivity index (χ3n) is 4.61. The van der Waals surface area contributed by atoms with E-state index in [1.807, 2.05) is 6.07 Å². The summed E-state index contributed by atoms with van der Waals surface area (Å²) in [6.45, 7) is 10.5. The predicted octanol–water partition coefficient (Wildman–Crippen LogP) is 2.34. The van der Waals surface area contributed by atoms with Crippen LogP contribution in [-0.4, -0.2) is 57.8 Å². The summed E-state index contributed by atoms with van der Waals surface area (Å²) in [7, 11) is 0. The van der Waals surface area contributed by atoms with Crippen molar-refractivity contribution in [1.29, 1.82) is 0 Å². The van der Waals surface area contributed by atoms with Gasteiger partial charge in [0.15, 0.2) is 11.5 Å². The molecule has 1 aliphatic heterocycles. The lowest BCUT2D eigenvalue weighted by Crippen LogP contribution is -2.39. The maximum Gasteiger partial charge on any atom is 0.290 e. The maximum atomic E-state index is 12.6. The molecule has 0 saturated heterocycles. The molecule has 6 heteroatoms. The zero-order chi connectivity index (χ0) is 18.6. The Labute approximate surface area is 149 Å². The van der Waals surface area contributed by atoms with Crippen LogP contribution in [-0.2, 0) is 9.59 Å². The minimum absolute atomic E-state index is 0.165. The molecule has 2 rings (SSSR count). The zero-order valence-corrected chi connectivity index (χ0v) is 15.4. The van der Waals surface area contributed by atoms with Crippen molar-refractivity contribution < 1.29 is 14.7 Å². The second-order valence-corrected chi connectivity index (χ2v) is 6.46. The maximum absolute atomic E-state index is 12.6. The van der Waals surface area contributed by atoms with Crippen LogP contribution in [0.15, 0.2) is 35.7 Å². The molecule has 1 unspecified atom stereocenters. The molecule has 0 aliphatic carbocycles. The van der Waals surface area contributed by atoms with Crippen molar-refractivity contribution >= 4 is 11.7 Å². The number of hydrogen-bond acceptors (Lipinski definition) is 5. The standard InChI is InChI=1S/C19H27N3O3/c1-5-21(6-2)11-12-22-16(14-9-7-8-10-20-14)15(17(23)13(3)4)18(24)19(22)25/h7-10,13,16,24H,5-6,11-12H2,1-4H3. The van der Waals surface area contributed by atoms with E-state index in [1.165, 1.54) is 0 Å². The van der Waals surface area contributed by atoms with Crippen LogP contribution in [0.1, 0.15) is 39.4 Å². The van der Waals surface area contributed by atoms with Gasteiger partial charge in [-0.2, -0.15) is 0 Å². The van der Waals surface area contributed by atoms with Crippen molar-refractivity contribution in [3.8, 4) is 0 Å². The number of aliphatic hydroxyl groups excluding tert-OH is 1. The first kappa shape index (κ1) is 19.1. The molecule has 6 nitrogen and oxygen atoms in total. The molecule has 0 aromatic carbocycles. The number of aliphatic hydroxyl groups is 1. The first-order valence-electron chi connectivity index (χ1n) is 8.83. The lowest BCUT2D eigenvalue weighted by molar-refractivity contribution is -0.129. The summed E-state index contributed by atoms with van der Waals surface area (Å²) in [5, 5.41) is 10.4. The Kier molecular flexibility index (Phi) is 6.31. The minimum Gasteiger partial charge on any atom is -0.503 e. The fourth-order valence-corrected chi connectivity index (χ4v) is 3.08. The highest BCUT2D eigenvalue weighted by Gasteiger charge is 2.44. The summed E-state index contributed by atoms with van der Waals surface area (Å²) < 4.78 is 0. The third kappa shape index (κ3) is 3.90. The fraction of sp³-hybridized carbons (Fsp3) is 0.526. The van der Waals surface area contributed by atoms with E-state index in [1.54, 1.807) is 37.1 Å². The molecule has 1 aromatic rings. The van der Waals surface area contributed by atoms with Crippen LogP contribution in [0.4, 0.5) is 0 Å². The highest BCUT2D eigenvalue weighted by atomic mass is 16.3. The second kappa shape index (κ2) is 8.25. The fourth-order valence-electron chi connectivity index (χ4n) is 3.08. The van der Waals surface area contributed by atoms with Gasteiger partial charge >= 0.3 is 0 Å². The van der Waals surface area contributed by atoms with Crippen LogP contribution in [0.3, 0.4) is 0 Å². The Hall–Kier alpha value is -2.21. The van der Waals surface area contributed by atoms with Gasteiger partial charge in [0.2, 0.25) is 0 Å². The van der Waals surface area contributed by atoms with Gasteiger partial charge in [-0.25, -0.2) is 0 Å². The van der Waals surface area contributed by atoms with Gasteiger partial charge in [0.05, 0.1) is 11.3 Å². The van der Waals surface area contributed by atoms with E-state index in [2.05, 4.69) is 23.7 Å². The molecule has 0 saturated carbocycles. The number of Topliss-reactive ketones (excluding diaryl/α,β-unsaturated/α-hetero) is 1. The van der Waals surface area contributed by atoms with Gasteiger partial charge in [0.1, 0.15) is 6.04 Å². The van der Waals surface area contributed by atoms with Crippen molar-refractivity contribution in [2.24, 2.45) is 5.92 Å². The average molecular weight is 345 g/mol. The van der Waals surface area contributed by atoms with E-state index in [-0.39, 0.29) is 17.3 Å². The summed E-state index contributed by atoms with van der Waals surface area (Å²) in [6, 6.07) is 4.77. The molecule has 1 N–H and O–H groups in total. The van der Waals surface area contributed by atoms with Gasteiger partial charge in [0, 0.05) is 25.2 Å². The Bertz CT molecular complexity index is 651. The Morgan fingerprint density at radius 3 is 2.52 bits per heavy atom. The number of carbonyl (C=O) groups is 2. The van der Waals surface area contributed by atoms with Gasteiger partial charge in [-0.1, -0.05) is 33.8 Å². The molecule has 1 aliphatic rings. The molecule has 0 fully saturated rings. The van der Waals surface area contributed by atoms with Crippen molar-refractivity contribution in [3.63, 3.8) is 0 Å². The van der Waals surface area contributed by atoms with E-state index in [0.29, 0.717) is 18.8 Å². The van der Waals surface area contributed by atoms with Gasteiger partial charge in [-0.05, 0) is 25.2 Å². The number of hydrogen-bond donors (Lipinski definition) is 1. The number of rotatable bonds is 8. The molecular weight excluding hydrogens is 318 g/mol. The summed E-state index contributed by atoms with van der Waals surface area (Å²) in [6.07, 6.45) is 1.63. The SMILES string of the molecule is CCN(CC)CCN1C(=O)C(O)=C(C(=O)C(C)C)C1c1ccccn1. The topological polar surface area (TPSA) is 73.7 Å². The second-order valence-electron chi connectivity index (χ2n) is 6.46. The average Bonchev–Trinajstić information content (AvgIpc) is 2.87. The Balaban J connectivity index is 2.39. The summed E-state index contributed by atoms with van der Waals surface area (Å²) in [5.41, 5.74) is 0.765. The highest BCUT2D eigenvalue weighted by Crippen LogP contribution is 2.37. The number of carbonyl (C=O) groups excluding carboxylic acids is 2. The minimum atomic E-state index is -0.626. The van der Waals surface area contributed by atoms with E-state index >= 15 is 0 Å². The van der Waals surface area contributed by atoms with E-state index in [0.717, 1.165) is 13.1 Å². The quantitative estimate of drug-likeness (QED) is 0.783. The summed E-state index contributed by atoms with van der Waals surface area (Å²) >= 11 is 0. The smallest absolute Gasteiger partial charge is 0.290 e. The van der Waals surface area contributed by atoms with Gasteiger partial charge in [-0.15, -0.1) is 0 Å². The van der Waals surface area contributed by atoms with Crippen molar-refractivity contribution in [2.75, 3.05) is 26.2 Å². The van der Waals surface area contributed by atoms with Crippen LogP contribution in [0.5, 0.6) is 0 Å². The predicted molar refractivity (Wildman–Crippen MR) is 96.0 cm³/mol. The lowest BCUT2D eigenvalue weighted by atomic mass is 9.93. The van der Waals surface area contributed by atoms with E-state index < -0.39 is 17.7 Å². The first-order valence-corrected chi connectivity index (χ1v) is 8.83. The molecule has 1 atom stereocenters. The van der Waals surface area contributed by atoms with Gasteiger partial charge in [-0.3, -0.25) is 14.6 Å². The lowest BCUT2D eigenvalue weighted by Gasteiger charge is -2.29. The Morgan fingerprint density at radius 2 is 2.00 bits per heavy atom. The van der Waals surface area contributed by atoms with Crippen LogP contribution < -0.4 is 0 Å². The van der Waals surface area contributed by atoms with Crippen molar-refractivity contribution in [1.82, 2.24) is 14.8 Å². The normalized spacial score (nSPS) is 17.9. The summed E-state index contributed by atoms with van der Waals surface area (Å²) in [5.74, 6) is -1.45. The molecule has 136 valence electrons. The number of ketones is 1. The first-order chi connectivity index (χ1) is 11.9. The van der Waals surface area contributed by atoms with Crippen LogP contribution >= 0.6 is 0 Å². The van der Waals surface area contributed by atoms with Crippen molar-refractivity contribution in [2.45, 2.75) is 33.7 Å². The zero-order valence-electron chi connectivity index (χ0n) is 15.4. The molecule has 2 heterocycles. The number of likely N-dealkylation sites (N-methyl/N-ethyl adjacent to an activating group) is 1. The molecule has 25 heavy (non-hydrogen) atoms. The molecular formula is C19H27N3O3. The third-order valence-corrected chi connectivity index (χ3v) is 4.61. The number of amides is 1. The molecule has 1 amide bonds. The highest BCUT2D eigenvalue weighted by molar-refractivity contribution is 6.09. The molecule has 0 radical (unpaired) electrons. The van der Waals surface area contributed by atoms with Crippen LogP contribution in [0.25, 0.3) is 0 Å². The number of pyridine rings is 1. The van der Waals surface area contributed by atoms with Gasteiger partial charge in [0.25, 0.3) is 5.91 Å². The van der Waals surface area contributed by atoms with E-state index in [4.69, 9.17) is 0 Å². The molecule has 0 spiro atoms. The molecule has 0 bridgehead atoms. The Morgan fingerprint density at radius 1 is 1.32 bits per heavy atom. The largest absolute Gasteiger partial charge is 0.503 e. The van der Waals surface area contributed by atoms with Crippen LogP contribution in [0, 0.1) is 5.92 Å². The molecule has 1 aromatic heterocycles. The summed E-state index contributed by atoms with van der Waals surface area (Å²) in [4.78, 5) is 33.4. The number of aromatic nitrogens is 1. The van der Waals surface area contributed by atoms with Gasteiger partial charge < -0.3 is 14.9 Å². The monoisotopic (exact) mass is 345 g/mol.